The molecule has 1 heterocycles. The van der Waals surface area contributed by atoms with Crippen LogP contribution in [0.3, 0.4) is 0 Å². The van der Waals surface area contributed by atoms with Gasteiger partial charge in [-0.25, -0.2) is 0 Å². The van der Waals surface area contributed by atoms with Gasteiger partial charge in [0.2, 0.25) is 0 Å². The van der Waals surface area contributed by atoms with E-state index in [2.05, 4.69) is 30.1 Å². The van der Waals surface area contributed by atoms with Gasteiger partial charge in [-0.05, 0) is 18.6 Å². The maximum atomic E-state index is 4.37. The molecule has 0 amide bonds. The van der Waals surface area contributed by atoms with E-state index in [-0.39, 0.29) is 40.1 Å². The molecular formula is C10H12NY-. The molecule has 1 nitrogen and oxygen atoms in total. The molecule has 1 aliphatic heterocycles. The molecule has 12 heavy (non-hydrogen) atoms. The molecule has 0 fully saturated rings. The van der Waals surface area contributed by atoms with E-state index in [4.69, 9.17) is 0 Å². The topological polar surface area (TPSA) is 12.4 Å². The van der Waals surface area contributed by atoms with Gasteiger partial charge in [0.15, 0.2) is 0 Å². The molecule has 0 spiro atoms. The Morgan fingerprint density at radius 2 is 1.92 bits per heavy atom. The van der Waals surface area contributed by atoms with Crippen LogP contribution in [0, 0.1) is 7.43 Å². The maximum Gasteiger partial charge on any atom is 0.0664 e. The van der Waals surface area contributed by atoms with Gasteiger partial charge in [-0.2, -0.15) is 0 Å². The van der Waals surface area contributed by atoms with Crippen molar-refractivity contribution in [1.29, 1.82) is 0 Å². The van der Waals surface area contributed by atoms with E-state index < -0.39 is 0 Å². The third-order valence-corrected chi connectivity index (χ3v) is 1.75. The minimum Gasteiger partial charge on any atom is -0.358 e. The Labute approximate surface area is 99.2 Å². The van der Waals surface area contributed by atoms with Crippen LogP contribution in [0.25, 0.3) is 0 Å². The summed E-state index contributed by atoms with van der Waals surface area (Å²) in [7, 11) is 0. The van der Waals surface area contributed by atoms with Gasteiger partial charge < -0.3 is 7.43 Å². The van der Waals surface area contributed by atoms with E-state index in [0.717, 1.165) is 12.1 Å². The van der Waals surface area contributed by atoms with E-state index in [0.29, 0.717) is 0 Å². The van der Waals surface area contributed by atoms with Crippen LogP contribution in [0.2, 0.25) is 0 Å². The van der Waals surface area contributed by atoms with Crippen LogP contribution in [-0.2, 0) is 39.1 Å². The van der Waals surface area contributed by atoms with E-state index in [1.165, 1.54) is 11.3 Å². The van der Waals surface area contributed by atoms with Crippen LogP contribution in [0.1, 0.15) is 12.5 Å². The Morgan fingerprint density at radius 3 is 2.58 bits per heavy atom. The average molecular weight is 235 g/mol. The van der Waals surface area contributed by atoms with Crippen molar-refractivity contribution in [3.8, 4) is 0 Å². The zero-order valence-electron chi connectivity index (χ0n) is 7.54. The van der Waals surface area contributed by atoms with Crippen molar-refractivity contribution in [2.45, 2.75) is 13.3 Å². The summed E-state index contributed by atoms with van der Waals surface area (Å²) in [4.78, 5) is 4.37. The molecule has 0 bridgehead atoms. The monoisotopic (exact) mass is 235 g/mol. The zero-order valence-corrected chi connectivity index (χ0v) is 10.4. The van der Waals surface area contributed by atoms with Crippen molar-refractivity contribution in [2.75, 3.05) is 0 Å². The van der Waals surface area contributed by atoms with Crippen LogP contribution in [0.5, 0.6) is 0 Å². The Balaban J connectivity index is 0.000000605. The van der Waals surface area contributed by atoms with Crippen LogP contribution in [0.4, 0.5) is 5.69 Å². The number of aliphatic imine (C=N–C) groups is 1. The normalized spacial score (nSPS) is 12.2. The summed E-state index contributed by atoms with van der Waals surface area (Å²) < 4.78 is 0. The van der Waals surface area contributed by atoms with Crippen molar-refractivity contribution in [3.05, 3.63) is 37.3 Å². The molecule has 1 aromatic carbocycles. The van der Waals surface area contributed by atoms with Crippen molar-refractivity contribution in [2.24, 2.45) is 4.99 Å². The van der Waals surface area contributed by atoms with Gasteiger partial charge in [0.25, 0.3) is 0 Å². The standard InChI is InChI=1S/C9H9N.CH3.Y/c1-7-6-8-4-2-3-5-9(8)10-7;;/h2-5H,6H2,1H3;1H3;/q;-1;. The first kappa shape index (κ1) is 12.0. The van der Waals surface area contributed by atoms with E-state index in [1.807, 2.05) is 6.07 Å². The van der Waals surface area contributed by atoms with Gasteiger partial charge in [0.05, 0.1) is 5.69 Å². The van der Waals surface area contributed by atoms with Crippen LogP contribution < -0.4 is 0 Å². The number of nitrogens with zero attached hydrogens (tertiary/aromatic N) is 1. The Kier molecular flexibility index (Phi) is 4.88. The van der Waals surface area contributed by atoms with Crippen molar-refractivity contribution in [1.82, 2.24) is 0 Å². The predicted molar refractivity (Wildman–Crippen MR) is 49.3 cm³/mol. The van der Waals surface area contributed by atoms with Gasteiger partial charge >= 0.3 is 0 Å². The largest absolute Gasteiger partial charge is 0.358 e. The molecule has 0 saturated carbocycles. The molecule has 61 valence electrons. The number of benzene rings is 1. The summed E-state index contributed by atoms with van der Waals surface area (Å²) >= 11 is 0. The minimum atomic E-state index is 0. The maximum absolute atomic E-state index is 4.37. The molecule has 1 radical (unpaired) electrons. The number of rotatable bonds is 0. The molecule has 1 aliphatic rings. The Morgan fingerprint density at radius 1 is 1.25 bits per heavy atom. The second-order valence-electron chi connectivity index (χ2n) is 2.65. The predicted octanol–water partition coefficient (Wildman–Crippen LogP) is 2.78. The minimum absolute atomic E-state index is 0. The molecule has 1 aromatic rings. The van der Waals surface area contributed by atoms with Crippen molar-refractivity contribution < 1.29 is 32.7 Å². The third-order valence-electron chi connectivity index (χ3n) is 1.75. The van der Waals surface area contributed by atoms with Gasteiger partial charge in [0, 0.05) is 44.8 Å². The fourth-order valence-corrected chi connectivity index (χ4v) is 1.29. The first-order valence-corrected chi connectivity index (χ1v) is 3.48. The van der Waals surface area contributed by atoms with Crippen LogP contribution in [0.15, 0.2) is 29.3 Å². The van der Waals surface area contributed by atoms with Crippen LogP contribution >= 0.6 is 0 Å². The molecule has 0 aromatic heterocycles. The van der Waals surface area contributed by atoms with Crippen LogP contribution in [-0.4, -0.2) is 5.71 Å². The molecule has 0 atom stereocenters. The van der Waals surface area contributed by atoms with Crippen molar-refractivity contribution in [3.63, 3.8) is 0 Å². The zero-order chi connectivity index (χ0) is 6.97. The average Bonchev–Trinajstić information content (AvgIpc) is 2.27. The SMILES string of the molecule is CC1=Nc2ccccc2C1.[CH3-].[Y]. The number of hydrogen-bond acceptors (Lipinski definition) is 1. The molecule has 2 heteroatoms. The molecule has 0 saturated heterocycles. The second kappa shape index (κ2) is 4.88. The third kappa shape index (κ3) is 2.24. The van der Waals surface area contributed by atoms with Crippen molar-refractivity contribution >= 4 is 11.4 Å². The quantitative estimate of drug-likeness (QED) is 0.613. The summed E-state index contributed by atoms with van der Waals surface area (Å²) in [6, 6.07) is 8.29. The number of para-hydroxylation sites is 1. The summed E-state index contributed by atoms with van der Waals surface area (Å²) in [5.74, 6) is 0. The molecule has 0 N–H and O–H groups in total. The van der Waals surface area contributed by atoms with Gasteiger partial charge in [-0.1, -0.05) is 18.2 Å². The molecule has 0 aliphatic carbocycles. The number of hydrogen-bond donors (Lipinski definition) is 0. The summed E-state index contributed by atoms with van der Waals surface area (Å²) in [5.41, 5.74) is 3.74. The fraction of sp³-hybridized carbons (Fsp3) is 0.200. The Bertz CT molecular complexity index is 292. The molecule has 0 unspecified atom stereocenters. The Hall–Kier alpha value is -0.00610. The van der Waals surface area contributed by atoms with E-state index >= 15 is 0 Å². The fourth-order valence-electron chi connectivity index (χ4n) is 1.29. The summed E-state index contributed by atoms with van der Waals surface area (Å²) in [5, 5.41) is 0. The smallest absolute Gasteiger partial charge is 0.0664 e. The summed E-state index contributed by atoms with van der Waals surface area (Å²) in [6.45, 7) is 2.07. The van der Waals surface area contributed by atoms with E-state index in [1.54, 1.807) is 0 Å². The number of fused-ring (bicyclic) bond motifs is 1. The van der Waals surface area contributed by atoms with Gasteiger partial charge in [0.1, 0.15) is 0 Å². The molecule has 2 rings (SSSR count). The molecular weight excluding hydrogens is 223 g/mol. The van der Waals surface area contributed by atoms with Gasteiger partial charge in [-0.3, -0.25) is 4.99 Å². The summed E-state index contributed by atoms with van der Waals surface area (Å²) in [6.07, 6.45) is 1.04. The first-order valence-electron chi connectivity index (χ1n) is 3.48. The van der Waals surface area contributed by atoms with Gasteiger partial charge in [-0.15, -0.1) is 0 Å². The first-order chi connectivity index (χ1) is 4.86. The second-order valence-corrected chi connectivity index (χ2v) is 2.65. The van der Waals surface area contributed by atoms with E-state index in [9.17, 15) is 0 Å².